The minimum absolute atomic E-state index is 0.229. The number of hydrogen-bond acceptors (Lipinski definition) is 2. The van der Waals surface area contributed by atoms with Crippen LogP contribution in [-0.2, 0) is 16.6 Å². The molecular weight excluding hydrogens is 377 g/mol. The summed E-state index contributed by atoms with van der Waals surface area (Å²) >= 11 is 0. The van der Waals surface area contributed by atoms with Crippen molar-refractivity contribution in [2.24, 2.45) is 0 Å². The van der Waals surface area contributed by atoms with Crippen molar-refractivity contribution in [3.8, 4) is 0 Å². The van der Waals surface area contributed by atoms with Crippen LogP contribution in [0, 0.1) is 36.0 Å². The molecule has 0 spiro atoms. The smallest absolute Gasteiger partial charge is 0.207 e. The standard InChI is InChI=1S/C17H14F5NO2S/c1-9-2-4-10(5-3-9)8-23(11-6-7-11)26(24,25)17-15(21)13(19)12(18)14(20)16(17)22/h2-5,11H,6-8H2,1H3. The first kappa shape index (κ1) is 18.8. The zero-order valence-corrected chi connectivity index (χ0v) is 14.4. The number of aryl methyl sites for hydroxylation is 1. The second-order valence-corrected chi connectivity index (χ2v) is 7.99. The van der Waals surface area contributed by atoms with E-state index < -0.39 is 50.0 Å². The van der Waals surface area contributed by atoms with Crippen molar-refractivity contribution in [3.05, 3.63) is 64.5 Å². The van der Waals surface area contributed by atoms with Crippen LogP contribution in [0.4, 0.5) is 22.0 Å². The van der Waals surface area contributed by atoms with Crippen LogP contribution in [0.2, 0.25) is 0 Å². The monoisotopic (exact) mass is 391 g/mol. The third-order valence-electron chi connectivity index (χ3n) is 4.15. The summed E-state index contributed by atoms with van der Waals surface area (Å²) in [6.07, 6.45) is 0.890. The molecule has 0 amide bonds. The summed E-state index contributed by atoms with van der Waals surface area (Å²) in [5.74, 6) is -11.7. The molecule has 0 atom stereocenters. The molecule has 2 aromatic rings. The van der Waals surface area contributed by atoms with Gasteiger partial charge in [0.2, 0.25) is 15.8 Å². The highest BCUT2D eigenvalue weighted by Gasteiger charge is 2.43. The second kappa shape index (κ2) is 6.62. The van der Waals surface area contributed by atoms with Crippen molar-refractivity contribution in [1.29, 1.82) is 0 Å². The Morgan fingerprint density at radius 3 is 1.81 bits per heavy atom. The summed E-state index contributed by atoms with van der Waals surface area (Å²) in [5.41, 5.74) is 1.46. The summed E-state index contributed by atoms with van der Waals surface area (Å²) in [4.78, 5) is -1.81. The summed E-state index contributed by atoms with van der Waals surface area (Å²) in [5, 5.41) is 0. The first-order valence-corrected chi connectivity index (χ1v) is 9.17. The van der Waals surface area contributed by atoms with Crippen LogP contribution in [0.3, 0.4) is 0 Å². The fourth-order valence-corrected chi connectivity index (χ4v) is 4.36. The zero-order valence-electron chi connectivity index (χ0n) is 13.6. The van der Waals surface area contributed by atoms with Gasteiger partial charge in [0.15, 0.2) is 28.2 Å². The van der Waals surface area contributed by atoms with E-state index >= 15 is 0 Å². The van der Waals surface area contributed by atoms with E-state index in [-0.39, 0.29) is 6.54 Å². The van der Waals surface area contributed by atoms with Crippen LogP contribution < -0.4 is 0 Å². The van der Waals surface area contributed by atoms with Crippen LogP contribution in [0.5, 0.6) is 0 Å². The third-order valence-corrected chi connectivity index (χ3v) is 6.07. The van der Waals surface area contributed by atoms with Crippen molar-refractivity contribution in [1.82, 2.24) is 4.31 Å². The fourth-order valence-electron chi connectivity index (χ4n) is 2.57. The quantitative estimate of drug-likeness (QED) is 0.438. The van der Waals surface area contributed by atoms with Crippen molar-refractivity contribution >= 4 is 10.0 Å². The zero-order chi connectivity index (χ0) is 19.2. The third kappa shape index (κ3) is 3.21. The average molecular weight is 391 g/mol. The van der Waals surface area contributed by atoms with Crippen molar-refractivity contribution in [2.45, 2.75) is 37.2 Å². The molecule has 0 aromatic heterocycles. The van der Waals surface area contributed by atoms with Gasteiger partial charge in [0.25, 0.3) is 0 Å². The molecule has 2 aromatic carbocycles. The molecule has 9 heteroatoms. The van der Waals surface area contributed by atoms with E-state index in [1.54, 1.807) is 24.3 Å². The molecule has 0 unspecified atom stereocenters. The highest BCUT2D eigenvalue weighted by Crippen LogP contribution is 2.36. The van der Waals surface area contributed by atoms with E-state index in [1.807, 2.05) is 6.92 Å². The lowest BCUT2D eigenvalue weighted by molar-refractivity contribution is 0.346. The SMILES string of the molecule is Cc1ccc(CN(C2CC2)S(=O)(=O)c2c(F)c(F)c(F)c(F)c2F)cc1. The first-order chi connectivity index (χ1) is 12.1. The molecule has 0 saturated heterocycles. The van der Waals surface area contributed by atoms with E-state index in [1.165, 1.54) is 0 Å². The van der Waals surface area contributed by atoms with E-state index in [2.05, 4.69) is 0 Å². The number of hydrogen-bond donors (Lipinski definition) is 0. The van der Waals surface area contributed by atoms with E-state index in [0.717, 1.165) is 9.87 Å². The lowest BCUT2D eigenvalue weighted by Crippen LogP contribution is -2.34. The first-order valence-electron chi connectivity index (χ1n) is 7.73. The summed E-state index contributed by atoms with van der Waals surface area (Å²) in [6, 6.07) is 6.19. The van der Waals surface area contributed by atoms with Gasteiger partial charge in [-0.05, 0) is 25.3 Å². The molecule has 0 N–H and O–H groups in total. The highest BCUT2D eigenvalue weighted by molar-refractivity contribution is 7.89. The topological polar surface area (TPSA) is 37.4 Å². The minimum Gasteiger partial charge on any atom is -0.207 e. The molecule has 0 heterocycles. The second-order valence-electron chi connectivity index (χ2n) is 6.17. The Kier molecular flexibility index (Phi) is 4.78. The largest absolute Gasteiger partial charge is 0.249 e. The van der Waals surface area contributed by atoms with Gasteiger partial charge in [0.05, 0.1) is 0 Å². The van der Waals surface area contributed by atoms with Gasteiger partial charge in [0.1, 0.15) is 0 Å². The maximum absolute atomic E-state index is 14.0. The van der Waals surface area contributed by atoms with Gasteiger partial charge in [-0.3, -0.25) is 0 Å². The van der Waals surface area contributed by atoms with Gasteiger partial charge in [-0.15, -0.1) is 0 Å². The molecule has 3 rings (SSSR count). The average Bonchev–Trinajstić information content (AvgIpc) is 3.42. The predicted molar refractivity (Wildman–Crippen MR) is 83.2 cm³/mol. The van der Waals surface area contributed by atoms with Crippen LogP contribution in [-0.4, -0.2) is 18.8 Å². The Hall–Kier alpha value is -2.00. The molecule has 0 radical (unpaired) electrons. The van der Waals surface area contributed by atoms with Crippen LogP contribution in [0.15, 0.2) is 29.2 Å². The molecule has 0 aliphatic heterocycles. The van der Waals surface area contributed by atoms with Gasteiger partial charge in [0, 0.05) is 12.6 Å². The molecule has 1 aliphatic carbocycles. The number of nitrogens with zero attached hydrogens (tertiary/aromatic N) is 1. The maximum atomic E-state index is 14.0. The van der Waals surface area contributed by atoms with Crippen molar-refractivity contribution < 1.29 is 30.4 Å². The van der Waals surface area contributed by atoms with E-state index in [4.69, 9.17) is 0 Å². The molecule has 1 fully saturated rings. The van der Waals surface area contributed by atoms with Crippen molar-refractivity contribution in [2.75, 3.05) is 0 Å². The van der Waals surface area contributed by atoms with Crippen LogP contribution in [0.1, 0.15) is 24.0 Å². The Balaban J connectivity index is 2.09. The molecule has 1 saturated carbocycles. The normalized spacial score (nSPS) is 14.9. The molecule has 26 heavy (non-hydrogen) atoms. The highest BCUT2D eigenvalue weighted by atomic mass is 32.2. The number of sulfonamides is 1. The van der Waals surface area contributed by atoms with Crippen molar-refractivity contribution in [3.63, 3.8) is 0 Å². The minimum atomic E-state index is -4.93. The summed E-state index contributed by atoms with van der Waals surface area (Å²) < 4.78 is 94.4. The van der Waals surface area contributed by atoms with Gasteiger partial charge < -0.3 is 0 Å². The number of rotatable bonds is 5. The Labute approximate surface area is 147 Å². The maximum Gasteiger partial charge on any atom is 0.249 e. The summed E-state index contributed by atoms with van der Waals surface area (Å²) in [7, 11) is -4.93. The number of halogens is 5. The van der Waals surface area contributed by atoms with Crippen LogP contribution in [0.25, 0.3) is 0 Å². The van der Waals surface area contributed by atoms with E-state index in [0.29, 0.717) is 18.4 Å². The van der Waals surface area contributed by atoms with Gasteiger partial charge in [-0.1, -0.05) is 29.8 Å². The predicted octanol–water partition coefficient (Wildman–Crippen LogP) is 4.04. The van der Waals surface area contributed by atoms with E-state index in [9.17, 15) is 30.4 Å². The number of benzene rings is 2. The molecule has 0 bridgehead atoms. The lowest BCUT2D eigenvalue weighted by atomic mass is 10.1. The Morgan fingerprint density at radius 2 is 1.35 bits per heavy atom. The van der Waals surface area contributed by atoms with Crippen LogP contribution >= 0.6 is 0 Å². The molecule has 140 valence electrons. The summed E-state index contributed by atoms with van der Waals surface area (Å²) in [6.45, 7) is 1.60. The van der Waals surface area contributed by atoms with Gasteiger partial charge in [-0.25, -0.2) is 30.4 Å². The Morgan fingerprint density at radius 1 is 0.885 bits per heavy atom. The molecular formula is C17H14F5NO2S. The Bertz CT molecular complexity index is 927. The molecule has 3 nitrogen and oxygen atoms in total. The fraction of sp³-hybridized carbons (Fsp3) is 0.294. The lowest BCUT2D eigenvalue weighted by Gasteiger charge is -2.23. The van der Waals surface area contributed by atoms with Gasteiger partial charge >= 0.3 is 0 Å². The van der Waals surface area contributed by atoms with Gasteiger partial charge in [-0.2, -0.15) is 4.31 Å². The molecule has 1 aliphatic rings.